The van der Waals surface area contributed by atoms with Gasteiger partial charge in [0, 0.05) is 12.1 Å². The number of likely N-dealkylation sites (tertiary alicyclic amines) is 1. The summed E-state index contributed by atoms with van der Waals surface area (Å²) in [6.07, 6.45) is 2.72. The third-order valence-electron chi connectivity index (χ3n) is 5.53. The van der Waals surface area contributed by atoms with Gasteiger partial charge in [-0.1, -0.05) is 31.9 Å². The molecule has 1 atom stereocenters. The van der Waals surface area contributed by atoms with E-state index < -0.39 is 17.7 Å². The lowest BCUT2D eigenvalue weighted by Crippen LogP contribution is -2.30. The molecule has 0 aromatic heterocycles. The van der Waals surface area contributed by atoms with Gasteiger partial charge in [-0.2, -0.15) is 0 Å². The molecular weight excluding hydrogens is 418 g/mol. The van der Waals surface area contributed by atoms with Crippen molar-refractivity contribution in [2.45, 2.75) is 59.1 Å². The summed E-state index contributed by atoms with van der Waals surface area (Å²) < 4.78 is 11.3. The average Bonchev–Trinajstić information content (AvgIpc) is 3.04. The minimum absolute atomic E-state index is 0.0139. The Morgan fingerprint density at radius 3 is 2.39 bits per heavy atom. The predicted octanol–water partition coefficient (Wildman–Crippen LogP) is 5.48. The SMILES string of the molecule is CCCCCN1C(=O)C(=O)/C(=C(\O)c2ccc(OCC)cc2)C1c1cccc(OC(C)C)c1. The Balaban J connectivity index is 2.08. The number of unbranched alkanes of at least 4 members (excludes halogenated alkanes) is 2. The number of aliphatic hydroxyl groups excluding tert-OH is 1. The van der Waals surface area contributed by atoms with Gasteiger partial charge < -0.3 is 19.5 Å². The van der Waals surface area contributed by atoms with Gasteiger partial charge >= 0.3 is 0 Å². The maximum Gasteiger partial charge on any atom is 0.295 e. The Kier molecular flexibility index (Phi) is 8.15. The number of carbonyl (C=O) groups excluding carboxylic acids is 2. The van der Waals surface area contributed by atoms with E-state index in [-0.39, 0.29) is 17.4 Å². The fraction of sp³-hybridized carbons (Fsp3) is 0.407. The van der Waals surface area contributed by atoms with Crippen LogP contribution < -0.4 is 9.47 Å². The quantitative estimate of drug-likeness (QED) is 0.224. The highest BCUT2D eigenvalue weighted by Crippen LogP contribution is 2.40. The van der Waals surface area contributed by atoms with Gasteiger partial charge in [0.25, 0.3) is 11.7 Å². The topological polar surface area (TPSA) is 76.1 Å². The number of carbonyl (C=O) groups is 2. The zero-order valence-corrected chi connectivity index (χ0v) is 19.8. The summed E-state index contributed by atoms with van der Waals surface area (Å²) in [4.78, 5) is 27.7. The Labute approximate surface area is 195 Å². The van der Waals surface area contributed by atoms with Crippen molar-refractivity contribution in [1.29, 1.82) is 0 Å². The van der Waals surface area contributed by atoms with E-state index in [0.717, 1.165) is 24.8 Å². The van der Waals surface area contributed by atoms with E-state index in [1.165, 1.54) is 0 Å². The molecule has 0 aliphatic carbocycles. The number of aliphatic hydroxyl groups is 1. The summed E-state index contributed by atoms with van der Waals surface area (Å²) >= 11 is 0. The summed E-state index contributed by atoms with van der Waals surface area (Å²) in [5.74, 6) is -0.113. The fourth-order valence-corrected chi connectivity index (χ4v) is 4.05. The molecule has 1 saturated heterocycles. The van der Waals surface area contributed by atoms with Crippen LogP contribution in [0.2, 0.25) is 0 Å². The average molecular weight is 452 g/mol. The van der Waals surface area contributed by atoms with E-state index >= 15 is 0 Å². The molecule has 0 radical (unpaired) electrons. The van der Waals surface area contributed by atoms with Gasteiger partial charge in [0.1, 0.15) is 17.3 Å². The second-order valence-electron chi connectivity index (χ2n) is 8.40. The lowest BCUT2D eigenvalue weighted by Gasteiger charge is -2.26. The first-order valence-corrected chi connectivity index (χ1v) is 11.7. The van der Waals surface area contributed by atoms with Crippen LogP contribution in [0.25, 0.3) is 5.76 Å². The molecule has 0 bridgehead atoms. The van der Waals surface area contributed by atoms with Crippen molar-refractivity contribution in [2.75, 3.05) is 13.2 Å². The molecule has 1 aliphatic rings. The number of ether oxygens (including phenoxy) is 2. The number of ketones is 1. The third kappa shape index (κ3) is 5.56. The van der Waals surface area contributed by atoms with Crippen LogP contribution in [0.4, 0.5) is 0 Å². The monoisotopic (exact) mass is 451 g/mol. The van der Waals surface area contributed by atoms with Crippen molar-refractivity contribution in [3.05, 3.63) is 65.2 Å². The molecule has 1 N–H and O–H groups in total. The smallest absolute Gasteiger partial charge is 0.295 e. The van der Waals surface area contributed by atoms with Crippen molar-refractivity contribution < 1.29 is 24.2 Å². The number of hydrogen-bond donors (Lipinski definition) is 1. The summed E-state index contributed by atoms with van der Waals surface area (Å²) in [5, 5.41) is 11.2. The second-order valence-corrected chi connectivity index (χ2v) is 8.40. The zero-order valence-electron chi connectivity index (χ0n) is 19.8. The van der Waals surface area contributed by atoms with Crippen molar-refractivity contribution in [1.82, 2.24) is 4.90 Å². The minimum atomic E-state index is -0.677. The lowest BCUT2D eigenvalue weighted by atomic mass is 9.95. The molecule has 3 rings (SSSR count). The highest BCUT2D eigenvalue weighted by molar-refractivity contribution is 6.46. The highest BCUT2D eigenvalue weighted by atomic mass is 16.5. The molecule has 2 aromatic rings. The van der Waals surface area contributed by atoms with Gasteiger partial charge in [0.15, 0.2) is 0 Å². The summed E-state index contributed by atoms with van der Waals surface area (Å²) in [7, 11) is 0. The Morgan fingerprint density at radius 1 is 1.03 bits per heavy atom. The van der Waals surface area contributed by atoms with Crippen molar-refractivity contribution in [2.24, 2.45) is 0 Å². The molecule has 0 saturated carbocycles. The normalized spacial score (nSPS) is 17.6. The second kappa shape index (κ2) is 11.0. The number of benzene rings is 2. The lowest BCUT2D eigenvalue weighted by molar-refractivity contribution is -0.139. The van der Waals surface area contributed by atoms with Crippen LogP contribution in [-0.4, -0.2) is 41.0 Å². The standard InChI is InChI=1S/C27H33NO5/c1-5-7-8-16-28-24(20-10-9-11-22(17-20)33-18(3)4)23(26(30)27(28)31)25(29)19-12-14-21(15-13-19)32-6-2/h9-15,17-18,24,29H,5-8,16H2,1-4H3/b25-23-. The molecule has 1 heterocycles. The van der Waals surface area contributed by atoms with Gasteiger partial charge in [-0.25, -0.2) is 0 Å². The number of Topliss-reactive ketones (excluding diaryl/α,β-unsaturated/α-hetero) is 1. The van der Waals surface area contributed by atoms with Gasteiger partial charge in [0.2, 0.25) is 0 Å². The van der Waals surface area contributed by atoms with Crippen LogP contribution in [0.5, 0.6) is 11.5 Å². The van der Waals surface area contributed by atoms with E-state index in [0.29, 0.717) is 30.2 Å². The molecular formula is C27H33NO5. The third-order valence-corrected chi connectivity index (χ3v) is 5.53. The molecule has 176 valence electrons. The molecule has 33 heavy (non-hydrogen) atoms. The first-order chi connectivity index (χ1) is 15.9. The molecule has 0 spiro atoms. The number of hydrogen-bond acceptors (Lipinski definition) is 5. The zero-order chi connectivity index (χ0) is 24.0. The van der Waals surface area contributed by atoms with E-state index in [2.05, 4.69) is 6.92 Å². The number of nitrogens with zero attached hydrogens (tertiary/aromatic N) is 1. The Morgan fingerprint density at radius 2 is 1.76 bits per heavy atom. The van der Waals surface area contributed by atoms with Gasteiger partial charge in [0.05, 0.1) is 24.3 Å². The molecule has 1 unspecified atom stereocenters. The van der Waals surface area contributed by atoms with Crippen molar-refractivity contribution in [3.63, 3.8) is 0 Å². The summed E-state index contributed by atoms with van der Waals surface area (Å²) in [5.41, 5.74) is 1.29. The van der Waals surface area contributed by atoms with E-state index in [1.54, 1.807) is 29.2 Å². The first-order valence-electron chi connectivity index (χ1n) is 11.7. The van der Waals surface area contributed by atoms with Crippen molar-refractivity contribution in [3.8, 4) is 11.5 Å². The minimum Gasteiger partial charge on any atom is -0.507 e. The first kappa shape index (κ1) is 24.4. The number of rotatable bonds is 10. The predicted molar refractivity (Wildman–Crippen MR) is 128 cm³/mol. The maximum absolute atomic E-state index is 13.1. The van der Waals surface area contributed by atoms with Crippen LogP contribution in [-0.2, 0) is 9.59 Å². The molecule has 1 aliphatic heterocycles. The van der Waals surface area contributed by atoms with E-state index in [1.807, 2.05) is 45.0 Å². The molecule has 6 heteroatoms. The van der Waals surface area contributed by atoms with Gasteiger partial charge in [-0.05, 0) is 69.2 Å². The fourth-order valence-electron chi connectivity index (χ4n) is 4.05. The van der Waals surface area contributed by atoms with E-state index in [4.69, 9.17) is 9.47 Å². The Hall–Kier alpha value is -3.28. The van der Waals surface area contributed by atoms with Crippen LogP contribution in [0.15, 0.2) is 54.1 Å². The summed E-state index contributed by atoms with van der Waals surface area (Å²) in [6, 6.07) is 13.6. The van der Waals surface area contributed by atoms with Gasteiger partial charge in [-0.3, -0.25) is 9.59 Å². The molecule has 1 amide bonds. The van der Waals surface area contributed by atoms with Crippen molar-refractivity contribution >= 4 is 17.4 Å². The van der Waals surface area contributed by atoms with Crippen LogP contribution >= 0.6 is 0 Å². The molecule has 1 fully saturated rings. The van der Waals surface area contributed by atoms with Gasteiger partial charge in [-0.15, -0.1) is 0 Å². The van der Waals surface area contributed by atoms with Crippen LogP contribution in [0.3, 0.4) is 0 Å². The van der Waals surface area contributed by atoms with E-state index in [9.17, 15) is 14.7 Å². The molecule has 2 aromatic carbocycles. The van der Waals surface area contributed by atoms with Crippen LogP contribution in [0, 0.1) is 0 Å². The molecule has 6 nitrogen and oxygen atoms in total. The largest absolute Gasteiger partial charge is 0.507 e. The van der Waals surface area contributed by atoms with Crippen LogP contribution in [0.1, 0.15) is 64.1 Å². The Bertz CT molecular complexity index is 1010. The summed E-state index contributed by atoms with van der Waals surface area (Å²) in [6.45, 7) is 8.83. The highest BCUT2D eigenvalue weighted by Gasteiger charge is 2.45. The maximum atomic E-state index is 13.1. The number of amides is 1.